The van der Waals surface area contributed by atoms with Crippen LogP contribution in [0.5, 0.6) is 0 Å². The Balaban J connectivity index is 1.93. The van der Waals surface area contributed by atoms with Crippen LogP contribution in [0.3, 0.4) is 0 Å². The highest BCUT2D eigenvalue weighted by Crippen LogP contribution is 2.31. The predicted octanol–water partition coefficient (Wildman–Crippen LogP) is 2.03. The van der Waals surface area contributed by atoms with Crippen molar-refractivity contribution in [2.75, 3.05) is 14.2 Å². The van der Waals surface area contributed by atoms with E-state index in [1.807, 2.05) is 30.3 Å². The highest BCUT2D eigenvalue weighted by atomic mass is 16.5. The number of nitrogens with zero attached hydrogens (tertiary/aromatic N) is 1. The van der Waals surface area contributed by atoms with E-state index in [0.29, 0.717) is 5.57 Å². The third-order valence-electron chi connectivity index (χ3n) is 3.93. The topological polar surface area (TPSA) is 74.6 Å². The van der Waals surface area contributed by atoms with Gasteiger partial charge in [0.05, 0.1) is 25.4 Å². The van der Waals surface area contributed by atoms with Crippen molar-refractivity contribution in [1.29, 1.82) is 0 Å². The molecule has 2 heterocycles. The van der Waals surface area contributed by atoms with Gasteiger partial charge < -0.3 is 9.47 Å². The van der Waals surface area contributed by atoms with E-state index < -0.39 is 17.9 Å². The molecule has 2 aromatic rings. The third kappa shape index (κ3) is 2.42. The number of ether oxygens (including phenoxy) is 2. The average molecular weight is 313 g/mol. The first-order valence-electron chi connectivity index (χ1n) is 7.08. The van der Waals surface area contributed by atoms with E-state index in [1.165, 1.54) is 14.2 Å². The fourth-order valence-electron chi connectivity index (χ4n) is 2.81. The van der Waals surface area contributed by atoms with Gasteiger partial charge in [-0.05, 0) is 18.2 Å². The number of hydrogen-bond acceptors (Lipinski definition) is 5. The molecule has 1 aliphatic rings. The van der Waals surface area contributed by atoms with Crippen LogP contribution in [-0.2, 0) is 19.1 Å². The maximum Gasteiger partial charge on any atom is 0.320 e. The van der Waals surface area contributed by atoms with E-state index in [9.17, 15) is 14.4 Å². The molecular weight excluding hydrogens is 298 g/mol. The molecule has 0 atom stereocenters. The van der Waals surface area contributed by atoms with E-state index in [2.05, 4.69) is 9.47 Å². The van der Waals surface area contributed by atoms with Gasteiger partial charge in [-0.3, -0.25) is 19.0 Å². The van der Waals surface area contributed by atoms with Crippen molar-refractivity contribution in [1.82, 2.24) is 4.57 Å². The van der Waals surface area contributed by atoms with Crippen LogP contribution in [0.1, 0.15) is 16.9 Å². The zero-order valence-corrected chi connectivity index (χ0v) is 12.7. The first kappa shape index (κ1) is 15.0. The molecule has 23 heavy (non-hydrogen) atoms. The maximum absolute atomic E-state index is 12.6. The number of rotatable bonds is 4. The minimum Gasteiger partial charge on any atom is -0.468 e. The molecule has 0 radical (unpaired) electrons. The van der Waals surface area contributed by atoms with E-state index >= 15 is 0 Å². The van der Waals surface area contributed by atoms with Gasteiger partial charge in [0.25, 0.3) is 5.91 Å². The summed E-state index contributed by atoms with van der Waals surface area (Å²) in [7, 11) is 2.39. The van der Waals surface area contributed by atoms with Gasteiger partial charge in [0, 0.05) is 17.4 Å². The van der Waals surface area contributed by atoms with Crippen molar-refractivity contribution < 1.29 is 23.9 Å². The third-order valence-corrected chi connectivity index (χ3v) is 3.93. The summed E-state index contributed by atoms with van der Waals surface area (Å²) in [5.74, 6) is -2.81. The summed E-state index contributed by atoms with van der Waals surface area (Å²) in [6.45, 7) is 0. The molecule has 0 fully saturated rings. The molecule has 118 valence electrons. The van der Waals surface area contributed by atoms with Crippen molar-refractivity contribution in [3.8, 4) is 0 Å². The fourth-order valence-corrected chi connectivity index (χ4v) is 2.81. The van der Waals surface area contributed by atoms with Gasteiger partial charge in [-0.2, -0.15) is 0 Å². The minimum atomic E-state index is -1.14. The van der Waals surface area contributed by atoms with Crippen molar-refractivity contribution in [3.63, 3.8) is 0 Å². The summed E-state index contributed by atoms with van der Waals surface area (Å²) in [6.07, 6.45) is 1.65. The van der Waals surface area contributed by atoms with Gasteiger partial charge in [0.2, 0.25) is 0 Å². The summed E-state index contributed by atoms with van der Waals surface area (Å²) in [4.78, 5) is 36.1. The highest BCUT2D eigenvalue weighted by Gasteiger charge is 2.34. The Hall–Kier alpha value is -2.89. The zero-order chi connectivity index (χ0) is 16.6. The van der Waals surface area contributed by atoms with Crippen LogP contribution >= 0.6 is 0 Å². The molecule has 0 amide bonds. The normalized spacial score (nSPS) is 13.2. The van der Waals surface area contributed by atoms with Gasteiger partial charge >= 0.3 is 11.9 Å². The Bertz CT molecular complexity index is 830. The Morgan fingerprint density at radius 1 is 1.13 bits per heavy atom. The number of fused-ring (bicyclic) bond motifs is 3. The predicted molar refractivity (Wildman–Crippen MR) is 82.7 cm³/mol. The van der Waals surface area contributed by atoms with E-state index in [-0.39, 0.29) is 12.3 Å². The SMILES string of the molecule is COC(=O)C(CC1=Cc2cc3ccccc3n2C1=O)C(=O)OC. The molecule has 6 nitrogen and oxygen atoms in total. The van der Waals surface area contributed by atoms with Crippen LogP contribution in [-0.4, -0.2) is 36.6 Å². The molecule has 0 aliphatic carbocycles. The summed E-state index contributed by atoms with van der Waals surface area (Å²) in [5.41, 5.74) is 1.91. The standard InChI is InChI=1S/C17H15NO5/c1-22-16(20)13(17(21)23-2)9-11-8-12-7-10-5-3-4-6-14(10)18(12)15(11)19/h3-8,13H,9H2,1-2H3. The Morgan fingerprint density at radius 2 is 1.78 bits per heavy atom. The van der Waals surface area contributed by atoms with Crippen molar-refractivity contribution in [3.05, 3.63) is 41.6 Å². The number of methoxy groups -OCH3 is 2. The molecule has 0 saturated heterocycles. The highest BCUT2D eigenvalue weighted by molar-refractivity contribution is 6.11. The average Bonchev–Trinajstić information content (AvgIpc) is 3.07. The number of hydrogen-bond donors (Lipinski definition) is 0. The quantitative estimate of drug-likeness (QED) is 0.638. The van der Waals surface area contributed by atoms with Gasteiger partial charge in [0.1, 0.15) is 0 Å². The maximum atomic E-state index is 12.6. The molecule has 1 aliphatic heterocycles. The van der Waals surface area contributed by atoms with Crippen LogP contribution in [0.4, 0.5) is 0 Å². The van der Waals surface area contributed by atoms with Crippen LogP contribution < -0.4 is 0 Å². The number of carbonyl (C=O) groups is 3. The lowest BCUT2D eigenvalue weighted by molar-refractivity contribution is -0.158. The summed E-state index contributed by atoms with van der Waals surface area (Å²) in [5, 5.41) is 0.962. The summed E-state index contributed by atoms with van der Waals surface area (Å²) < 4.78 is 10.8. The number of allylic oxidation sites excluding steroid dienone is 1. The lowest BCUT2D eigenvalue weighted by Crippen LogP contribution is -2.28. The van der Waals surface area contributed by atoms with Gasteiger partial charge in [-0.25, -0.2) is 0 Å². The van der Waals surface area contributed by atoms with Gasteiger partial charge in [-0.1, -0.05) is 18.2 Å². The van der Waals surface area contributed by atoms with Crippen LogP contribution in [0, 0.1) is 5.92 Å². The van der Waals surface area contributed by atoms with Crippen molar-refractivity contribution in [2.24, 2.45) is 5.92 Å². The minimum absolute atomic E-state index is 0.0474. The lowest BCUT2D eigenvalue weighted by atomic mass is 9.99. The Morgan fingerprint density at radius 3 is 2.43 bits per heavy atom. The van der Waals surface area contributed by atoms with Crippen molar-refractivity contribution in [2.45, 2.75) is 6.42 Å². The molecule has 0 N–H and O–H groups in total. The van der Waals surface area contributed by atoms with Gasteiger partial charge in [0.15, 0.2) is 5.92 Å². The molecule has 0 unspecified atom stereocenters. The molecule has 1 aromatic carbocycles. The molecule has 0 spiro atoms. The van der Waals surface area contributed by atoms with E-state index in [0.717, 1.165) is 16.6 Å². The smallest absolute Gasteiger partial charge is 0.320 e. The van der Waals surface area contributed by atoms with E-state index in [4.69, 9.17) is 0 Å². The van der Waals surface area contributed by atoms with Crippen LogP contribution in [0.15, 0.2) is 35.9 Å². The number of para-hydroxylation sites is 1. The second-order valence-corrected chi connectivity index (χ2v) is 5.24. The molecular formula is C17H15NO5. The molecule has 0 saturated carbocycles. The van der Waals surface area contributed by atoms with Crippen molar-refractivity contribution >= 4 is 34.8 Å². The number of benzene rings is 1. The Kier molecular flexibility index (Phi) is 3.73. The summed E-state index contributed by atoms with van der Waals surface area (Å²) >= 11 is 0. The Labute approximate surface area is 132 Å². The molecule has 1 aromatic heterocycles. The molecule has 6 heteroatoms. The fraction of sp³-hybridized carbons (Fsp3) is 0.235. The van der Waals surface area contributed by atoms with Crippen LogP contribution in [0.25, 0.3) is 17.0 Å². The van der Waals surface area contributed by atoms with Crippen LogP contribution in [0.2, 0.25) is 0 Å². The molecule has 0 bridgehead atoms. The monoisotopic (exact) mass is 313 g/mol. The van der Waals surface area contributed by atoms with Gasteiger partial charge in [-0.15, -0.1) is 0 Å². The molecule has 3 rings (SSSR count). The first-order valence-corrected chi connectivity index (χ1v) is 7.08. The number of aromatic nitrogens is 1. The second kappa shape index (κ2) is 5.72. The largest absolute Gasteiger partial charge is 0.468 e. The number of carbonyl (C=O) groups excluding carboxylic acids is 3. The lowest BCUT2D eigenvalue weighted by Gasteiger charge is -2.12. The van der Waals surface area contributed by atoms with E-state index in [1.54, 1.807) is 10.6 Å². The number of esters is 2. The second-order valence-electron chi connectivity index (χ2n) is 5.24. The summed E-state index contributed by atoms with van der Waals surface area (Å²) in [6, 6.07) is 9.43. The zero-order valence-electron chi connectivity index (χ0n) is 12.7. The first-order chi connectivity index (χ1) is 11.1.